The molecule has 0 spiro atoms. The van der Waals surface area contributed by atoms with Crippen LogP contribution in [0.5, 0.6) is 0 Å². The minimum atomic E-state index is 0.574. The van der Waals surface area contributed by atoms with Crippen molar-refractivity contribution in [3.05, 3.63) is 431 Å². The summed E-state index contributed by atoms with van der Waals surface area (Å²) >= 11 is 0. The van der Waals surface area contributed by atoms with Crippen molar-refractivity contribution in [2.45, 2.75) is 0 Å². The molecule has 0 bridgehead atoms. The van der Waals surface area contributed by atoms with Gasteiger partial charge in [0.15, 0.2) is 11.6 Å². The van der Waals surface area contributed by atoms with Crippen LogP contribution < -0.4 is 0 Å². The number of pyridine rings is 4. The number of benzene rings is 13. The molecule has 13 heteroatoms. The summed E-state index contributed by atoms with van der Waals surface area (Å²) in [6.07, 6.45) is 9.45. The Morgan fingerprint density at radius 3 is 0.876 bits per heavy atom. The van der Waals surface area contributed by atoms with Crippen molar-refractivity contribution in [2.75, 3.05) is 0 Å². The number of hydrogen-bond donors (Lipinski definition) is 0. The highest BCUT2D eigenvalue weighted by Crippen LogP contribution is 2.41. The fourth-order valence-corrected chi connectivity index (χ4v) is 17.1. The second kappa shape index (κ2) is 30.5. The third kappa shape index (κ3) is 13.1. The van der Waals surface area contributed by atoms with E-state index in [4.69, 9.17) is 24.9 Å². The molecular formula is C108H71N13. The van der Waals surface area contributed by atoms with Crippen LogP contribution >= 0.6 is 0 Å². The van der Waals surface area contributed by atoms with Gasteiger partial charge in [-0.05, 0) is 163 Å². The minimum absolute atomic E-state index is 0.574. The maximum Gasteiger partial charge on any atom is 0.179 e. The molecule has 13 aromatic carbocycles. The summed E-state index contributed by atoms with van der Waals surface area (Å²) in [6, 6.07) is 140. The van der Waals surface area contributed by atoms with Crippen LogP contribution in [0.25, 0.3) is 206 Å². The molecule has 0 fully saturated rings. The predicted octanol–water partition coefficient (Wildman–Crippen LogP) is 26.2. The van der Waals surface area contributed by atoms with Gasteiger partial charge >= 0.3 is 0 Å². The van der Waals surface area contributed by atoms with E-state index in [1.165, 1.54) is 87.2 Å². The SMILES string of the molecule is c1ccc(-c2cc(-c3ccc(-n4c5ccccc5c5ccccc54)cc3)nc(-c3ccccn3)n2)nc1.c1ccc(-c2nc(-c3ccc(-n4c5ccccc5c5ccccc54)cc3)cc(-c3ccccn3)n2)cc1.c1ccc2c(c1)c1ccccc1n2-c1cc(-c2ccc(-c3cn4ccccc4n3)cc2)cc(-n2c3ccccc3c3ccccc32)c1. The monoisotopic (exact) mass is 1550 g/mol. The van der Waals surface area contributed by atoms with E-state index in [2.05, 4.69) is 329 Å². The summed E-state index contributed by atoms with van der Waals surface area (Å²) in [6.45, 7) is 0. The maximum absolute atomic E-state index is 4.95. The van der Waals surface area contributed by atoms with Crippen LogP contribution in [0.3, 0.4) is 0 Å². The van der Waals surface area contributed by atoms with Crippen molar-refractivity contribution in [1.29, 1.82) is 0 Å². The van der Waals surface area contributed by atoms with Gasteiger partial charge in [-0.25, -0.2) is 24.9 Å². The van der Waals surface area contributed by atoms with E-state index in [0.29, 0.717) is 11.6 Å². The molecule has 11 aromatic heterocycles. The van der Waals surface area contributed by atoms with Crippen LogP contribution in [-0.2, 0) is 0 Å². The van der Waals surface area contributed by atoms with Crippen molar-refractivity contribution in [3.8, 4) is 113 Å². The number of rotatable bonds is 12. The third-order valence-corrected chi connectivity index (χ3v) is 22.7. The number of aromatic nitrogens is 13. The van der Waals surface area contributed by atoms with Crippen LogP contribution in [-0.4, -0.2) is 62.5 Å². The lowest BCUT2D eigenvalue weighted by molar-refractivity contribution is 1.13. The van der Waals surface area contributed by atoms with Gasteiger partial charge in [-0.1, -0.05) is 249 Å². The molecule has 0 atom stereocenters. The fourth-order valence-electron chi connectivity index (χ4n) is 17.1. The van der Waals surface area contributed by atoms with Gasteiger partial charge in [-0.3, -0.25) is 15.0 Å². The molecule has 24 aromatic rings. The Kier molecular flexibility index (Phi) is 17.9. The highest BCUT2D eigenvalue weighted by molar-refractivity contribution is 6.13. The topological polar surface area (TPSA) is 127 Å². The number of fused-ring (bicyclic) bond motifs is 13. The van der Waals surface area contributed by atoms with Gasteiger partial charge in [-0.15, -0.1) is 0 Å². The summed E-state index contributed by atoms with van der Waals surface area (Å²) in [5.41, 5.74) is 27.9. The quantitative estimate of drug-likeness (QED) is 0.118. The summed E-state index contributed by atoms with van der Waals surface area (Å²) < 4.78 is 11.5. The van der Waals surface area contributed by atoms with Crippen molar-refractivity contribution in [1.82, 2.24) is 62.5 Å². The lowest BCUT2D eigenvalue weighted by atomic mass is 10.0. The summed E-state index contributed by atoms with van der Waals surface area (Å²) in [4.78, 5) is 37.8. The molecule has 11 heterocycles. The molecule has 0 aliphatic rings. The van der Waals surface area contributed by atoms with Crippen molar-refractivity contribution in [3.63, 3.8) is 0 Å². The first-order valence-corrected chi connectivity index (χ1v) is 40.4. The second-order valence-electron chi connectivity index (χ2n) is 29.9. The first-order valence-electron chi connectivity index (χ1n) is 40.4. The van der Waals surface area contributed by atoms with Gasteiger partial charge < -0.3 is 22.7 Å². The van der Waals surface area contributed by atoms with Gasteiger partial charge in [0, 0.05) is 119 Å². The third-order valence-electron chi connectivity index (χ3n) is 22.7. The Morgan fingerprint density at radius 2 is 0.488 bits per heavy atom. The van der Waals surface area contributed by atoms with Gasteiger partial charge in [0.1, 0.15) is 11.3 Å². The van der Waals surface area contributed by atoms with Crippen LogP contribution in [0.1, 0.15) is 0 Å². The Hall–Kier alpha value is -16.6. The van der Waals surface area contributed by atoms with Gasteiger partial charge in [0.2, 0.25) is 0 Å². The Morgan fingerprint density at radius 1 is 0.174 bits per heavy atom. The van der Waals surface area contributed by atoms with E-state index in [9.17, 15) is 0 Å². The summed E-state index contributed by atoms with van der Waals surface area (Å²) in [5, 5.41) is 10.0. The molecule has 0 N–H and O–H groups in total. The van der Waals surface area contributed by atoms with E-state index < -0.39 is 0 Å². The van der Waals surface area contributed by atoms with Gasteiger partial charge in [0.05, 0.1) is 84.0 Å². The lowest BCUT2D eigenvalue weighted by Crippen LogP contribution is -2.00. The number of imidazole rings is 1. The van der Waals surface area contributed by atoms with Crippen molar-refractivity contribution in [2.24, 2.45) is 0 Å². The fraction of sp³-hybridized carbons (Fsp3) is 0. The smallest absolute Gasteiger partial charge is 0.179 e. The number of nitrogens with zero attached hydrogens (tertiary/aromatic N) is 13. The van der Waals surface area contributed by atoms with Gasteiger partial charge in [-0.2, -0.15) is 0 Å². The van der Waals surface area contributed by atoms with E-state index in [1.807, 2.05) is 121 Å². The predicted molar refractivity (Wildman–Crippen MR) is 493 cm³/mol. The average molecular weight is 1550 g/mol. The molecule has 0 radical (unpaired) electrons. The average Bonchev–Trinajstić information content (AvgIpc) is 1.59. The van der Waals surface area contributed by atoms with Gasteiger partial charge in [0.25, 0.3) is 0 Å². The minimum Gasteiger partial charge on any atom is -0.309 e. The van der Waals surface area contributed by atoms with E-state index >= 15 is 0 Å². The number of para-hydroxylation sites is 8. The lowest BCUT2D eigenvalue weighted by Gasteiger charge is -2.16. The van der Waals surface area contributed by atoms with Crippen molar-refractivity contribution >= 4 is 92.9 Å². The maximum atomic E-state index is 4.95. The molecule has 13 nitrogen and oxygen atoms in total. The Bertz CT molecular complexity index is 7220. The van der Waals surface area contributed by atoms with E-state index in [0.717, 1.165) is 107 Å². The zero-order chi connectivity index (χ0) is 80.1. The largest absolute Gasteiger partial charge is 0.309 e. The Balaban J connectivity index is 0.000000110. The van der Waals surface area contributed by atoms with Crippen molar-refractivity contribution < 1.29 is 0 Å². The Labute approximate surface area is 695 Å². The zero-order valence-corrected chi connectivity index (χ0v) is 65.3. The molecule has 568 valence electrons. The molecule has 121 heavy (non-hydrogen) atoms. The first kappa shape index (κ1) is 70.9. The van der Waals surface area contributed by atoms with Crippen LogP contribution in [0, 0.1) is 0 Å². The molecular weight excluding hydrogens is 1480 g/mol. The molecule has 24 rings (SSSR count). The normalized spacial score (nSPS) is 11.5. The standard InChI is InChI=1S/C43H28N4.C33H22N4.C32H21N5/c1-5-15-39-34(11-1)35-12-2-6-16-40(35)46(39)32-25-31(29-20-22-30(23-21-29)38-28-45-24-10-9-19-43(45)44-38)26-33(27-32)47-41-17-7-3-13-36(41)37-14-4-8-18-42(37)47;1-2-10-24(11-3-1)33-35-29(22-30(36-33)28-14-8-9-21-34-28)23-17-19-25(20-18-23)37-31-15-6-4-12-26(31)27-13-5-7-16-32(27)37;1-3-13-30-24(9-1)25-10-2-4-14-31(25)37(30)23-17-15-22(16-18-23)28-21-29(26-11-5-7-19-33-26)36-32(35-28)27-12-6-8-20-34-27/h1-28H;1-22H;1-21H. The molecule has 0 saturated carbocycles. The van der Waals surface area contributed by atoms with Crippen LogP contribution in [0.2, 0.25) is 0 Å². The molecule has 0 aliphatic carbocycles. The summed E-state index contributed by atoms with van der Waals surface area (Å²) in [5.74, 6) is 1.26. The zero-order valence-electron chi connectivity index (χ0n) is 65.3. The van der Waals surface area contributed by atoms with E-state index in [1.54, 1.807) is 18.6 Å². The second-order valence-corrected chi connectivity index (χ2v) is 29.9. The highest BCUT2D eigenvalue weighted by atomic mass is 15.0. The summed E-state index contributed by atoms with van der Waals surface area (Å²) in [7, 11) is 0. The number of hydrogen-bond acceptors (Lipinski definition) is 8. The first-order chi connectivity index (χ1) is 60.0. The molecule has 0 amide bonds. The molecule has 0 unspecified atom stereocenters. The van der Waals surface area contributed by atoms with E-state index in [-0.39, 0.29) is 0 Å². The van der Waals surface area contributed by atoms with Crippen LogP contribution in [0.15, 0.2) is 431 Å². The molecule has 0 saturated heterocycles. The van der Waals surface area contributed by atoms with Crippen LogP contribution in [0.4, 0.5) is 0 Å². The highest BCUT2D eigenvalue weighted by Gasteiger charge is 2.21. The molecule has 0 aliphatic heterocycles.